The first-order valence-electron chi connectivity index (χ1n) is 8.87. The van der Waals surface area contributed by atoms with Crippen LogP contribution >= 0.6 is 0 Å². The van der Waals surface area contributed by atoms with Gasteiger partial charge in [0.2, 0.25) is 11.8 Å². The number of carbonyl (C=O) groups is 3. The minimum Gasteiger partial charge on any atom is -0.495 e. The molecule has 1 atom stereocenters. The summed E-state index contributed by atoms with van der Waals surface area (Å²) in [4.78, 5) is 38.2. The van der Waals surface area contributed by atoms with Crippen LogP contribution in [-0.4, -0.2) is 38.5 Å². The predicted molar refractivity (Wildman–Crippen MR) is 105 cm³/mol. The first-order valence-corrected chi connectivity index (χ1v) is 8.87. The van der Waals surface area contributed by atoms with E-state index in [1.54, 1.807) is 36.3 Å². The maximum atomic E-state index is 12.6. The Morgan fingerprint density at radius 1 is 1.11 bits per heavy atom. The summed E-state index contributed by atoms with van der Waals surface area (Å²) in [6.07, 6.45) is 0.128. The molecule has 1 heterocycles. The number of carbonyl (C=O) groups excluding carboxylic acids is 3. The first kappa shape index (κ1) is 19.4. The van der Waals surface area contributed by atoms with Crippen molar-refractivity contribution in [3.63, 3.8) is 0 Å². The molecule has 1 fully saturated rings. The number of amides is 2. The maximum Gasteiger partial charge on any atom is 0.337 e. The number of esters is 1. The molecule has 1 aliphatic rings. The van der Waals surface area contributed by atoms with Crippen molar-refractivity contribution in [1.82, 2.24) is 0 Å². The average Bonchev–Trinajstić information content (AvgIpc) is 3.09. The average molecular weight is 382 g/mol. The molecule has 0 aromatic heterocycles. The van der Waals surface area contributed by atoms with E-state index in [9.17, 15) is 14.4 Å². The normalized spacial score (nSPS) is 16.0. The Labute approximate surface area is 163 Å². The summed E-state index contributed by atoms with van der Waals surface area (Å²) in [6.45, 7) is 2.22. The van der Waals surface area contributed by atoms with Crippen molar-refractivity contribution in [1.29, 1.82) is 0 Å². The molecule has 0 spiro atoms. The lowest BCUT2D eigenvalue weighted by molar-refractivity contribution is -0.122. The second-order valence-electron chi connectivity index (χ2n) is 6.64. The number of ether oxygens (including phenoxy) is 2. The minimum absolute atomic E-state index is 0.120. The van der Waals surface area contributed by atoms with E-state index in [2.05, 4.69) is 10.1 Å². The van der Waals surface area contributed by atoms with Gasteiger partial charge in [0, 0.05) is 18.7 Å². The number of anilines is 2. The van der Waals surface area contributed by atoms with E-state index >= 15 is 0 Å². The smallest absolute Gasteiger partial charge is 0.337 e. The Hall–Kier alpha value is -3.35. The molecule has 0 aliphatic carbocycles. The van der Waals surface area contributed by atoms with Crippen molar-refractivity contribution < 1.29 is 23.9 Å². The van der Waals surface area contributed by atoms with Crippen LogP contribution < -0.4 is 15.0 Å². The minimum atomic E-state index is -0.474. The molecule has 7 heteroatoms. The molecule has 2 amide bonds. The number of nitrogens with one attached hydrogen (secondary N) is 1. The Bertz CT molecular complexity index is 908. The molecule has 28 heavy (non-hydrogen) atoms. The van der Waals surface area contributed by atoms with Gasteiger partial charge in [-0.15, -0.1) is 0 Å². The van der Waals surface area contributed by atoms with Gasteiger partial charge in [0.1, 0.15) is 5.75 Å². The molecule has 3 rings (SSSR count). The summed E-state index contributed by atoms with van der Waals surface area (Å²) < 4.78 is 10.0. The molecule has 1 saturated heterocycles. The van der Waals surface area contributed by atoms with Gasteiger partial charge in [-0.1, -0.05) is 6.07 Å². The van der Waals surface area contributed by atoms with Crippen LogP contribution in [0, 0.1) is 12.8 Å². The standard InChI is InChI=1S/C21H22N2O5/c1-13-4-9-18(27-2)17(10-13)23-12-15(11-19(23)24)20(25)22-16-7-5-14(6-8-16)21(26)28-3/h4-10,15H,11-12H2,1-3H3,(H,22,25). The number of rotatable bonds is 5. The fourth-order valence-corrected chi connectivity index (χ4v) is 3.18. The molecular formula is C21H22N2O5. The third kappa shape index (κ3) is 3.98. The van der Waals surface area contributed by atoms with Gasteiger partial charge >= 0.3 is 5.97 Å². The summed E-state index contributed by atoms with van der Waals surface area (Å²) in [5.74, 6) is -0.684. The first-order chi connectivity index (χ1) is 13.4. The molecule has 0 bridgehead atoms. The van der Waals surface area contributed by atoms with E-state index < -0.39 is 11.9 Å². The maximum absolute atomic E-state index is 12.6. The van der Waals surface area contributed by atoms with Crippen LogP contribution in [0.3, 0.4) is 0 Å². The van der Waals surface area contributed by atoms with Crippen LogP contribution in [0.2, 0.25) is 0 Å². The molecule has 0 saturated carbocycles. The number of aryl methyl sites for hydroxylation is 1. The second-order valence-corrected chi connectivity index (χ2v) is 6.64. The zero-order valence-electron chi connectivity index (χ0n) is 16.0. The molecule has 146 valence electrons. The quantitative estimate of drug-likeness (QED) is 0.804. The number of benzene rings is 2. The Morgan fingerprint density at radius 3 is 2.46 bits per heavy atom. The van der Waals surface area contributed by atoms with Crippen molar-refractivity contribution in [3.05, 3.63) is 53.6 Å². The van der Waals surface area contributed by atoms with E-state index in [1.807, 2.05) is 25.1 Å². The van der Waals surface area contributed by atoms with Crippen molar-refractivity contribution in [2.75, 3.05) is 31.0 Å². The van der Waals surface area contributed by atoms with E-state index in [1.165, 1.54) is 7.11 Å². The molecule has 1 aliphatic heterocycles. The number of hydrogen-bond donors (Lipinski definition) is 1. The molecule has 0 radical (unpaired) electrons. The van der Waals surface area contributed by atoms with Crippen LogP contribution in [0.15, 0.2) is 42.5 Å². The van der Waals surface area contributed by atoms with E-state index in [0.29, 0.717) is 22.7 Å². The van der Waals surface area contributed by atoms with Crippen molar-refractivity contribution in [2.45, 2.75) is 13.3 Å². The van der Waals surface area contributed by atoms with Crippen LogP contribution in [0.5, 0.6) is 5.75 Å². The van der Waals surface area contributed by atoms with Crippen molar-refractivity contribution >= 4 is 29.2 Å². The number of nitrogens with zero attached hydrogens (tertiary/aromatic N) is 1. The summed E-state index contributed by atoms with van der Waals surface area (Å²) in [7, 11) is 2.86. The van der Waals surface area contributed by atoms with E-state index in [0.717, 1.165) is 5.56 Å². The molecule has 1 unspecified atom stereocenters. The van der Waals surface area contributed by atoms with E-state index in [-0.39, 0.29) is 24.8 Å². The van der Waals surface area contributed by atoms with Crippen LogP contribution in [0.4, 0.5) is 11.4 Å². The number of hydrogen-bond acceptors (Lipinski definition) is 5. The highest BCUT2D eigenvalue weighted by atomic mass is 16.5. The zero-order valence-corrected chi connectivity index (χ0v) is 16.0. The Balaban J connectivity index is 1.70. The van der Waals surface area contributed by atoms with Gasteiger partial charge in [0.05, 0.1) is 31.4 Å². The van der Waals surface area contributed by atoms with Crippen LogP contribution in [0.25, 0.3) is 0 Å². The molecular weight excluding hydrogens is 360 g/mol. The highest BCUT2D eigenvalue weighted by Crippen LogP contribution is 2.34. The van der Waals surface area contributed by atoms with Gasteiger partial charge in [-0.2, -0.15) is 0 Å². The van der Waals surface area contributed by atoms with Gasteiger partial charge in [-0.05, 0) is 48.9 Å². The lowest BCUT2D eigenvalue weighted by Crippen LogP contribution is -2.28. The fourth-order valence-electron chi connectivity index (χ4n) is 3.18. The van der Waals surface area contributed by atoms with Gasteiger partial charge in [-0.25, -0.2) is 4.79 Å². The highest BCUT2D eigenvalue weighted by molar-refractivity contribution is 6.04. The summed E-state index contributed by atoms with van der Waals surface area (Å²) in [6, 6.07) is 12.0. The van der Waals surface area contributed by atoms with Crippen molar-refractivity contribution in [2.24, 2.45) is 5.92 Å². The third-order valence-electron chi connectivity index (χ3n) is 4.69. The van der Waals surface area contributed by atoms with Gasteiger partial charge < -0.3 is 19.7 Å². The SMILES string of the molecule is COC(=O)c1ccc(NC(=O)C2CC(=O)N(c3cc(C)ccc3OC)C2)cc1. The number of methoxy groups -OCH3 is 2. The summed E-state index contributed by atoms with van der Waals surface area (Å²) in [5, 5.41) is 2.80. The third-order valence-corrected chi connectivity index (χ3v) is 4.69. The Morgan fingerprint density at radius 2 is 1.82 bits per heavy atom. The lowest BCUT2D eigenvalue weighted by atomic mass is 10.1. The Kier molecular flexibility index (Phi) is 5.63. The predicted octanol–water partition coefficient (Wildman–Crippen LogP) is 2.78. The molecule has 1 N–H and O–H groups in total. The van der Waals surface area contributed by atoms with Gasteiger partial charge in [0.15, 0.2) is 0 Å². The largest absolute Gasteiger partial charge is 0.495 e. The molecule has 2 aromatic rings. The lowest BCUT2D eigenvalue weighted by Gasteiger charge is -2.20. The molecule has 2 aromatic carbocycles. The van der Waals surface area contributed by atoms with Crippen molar-refractivity contribution in [3.8, 4) is 5.75 Å². The molecule has 7 nitrogen and oxygen atoms in total. The topological polar surface area (TPSA) is 84.9 Å². The van der Waals surface area contributed by atoms with Gasteiger partial charge in [-0.3, -0.25) is 9.59 Å². The second kappa shape index (κ2) is 8.12. The van der Waals surface area contributed by atoms with E-state index in [4.69, 9.17) is 4.74 Å². The zero-order chi connectivity index (χ0) is 20.3. The van der Waals surface area contributed by atoms with Crippen LogP contribution in [0.1, 0.15) is 22.3 Å². The fraction of sp³-hybridized carbons (Fsp3) is 0.286. The van der Waals surface area contributed by atoms with Crippen LogP contribution in [-0.2, 0) is 14.3 Å². The summed E-state index contributed by atoms with van der Waals surface area (Å²) >= 11 is 0. The monoisotopic (exact) mass is 382 g/mol. The highest BCUT2D eigenvalue weighted by Gasteiger charge is 2.36. The van der Waals surface area contributed by atoms with Gasteiger partial charge in [0.25, 0.3) is 0 Å². The summed E-state index contributed by atoms with van der Waals surface area (Å²) in [5.41, 5.74) is 2.62.